The number of aliphatic hydroxyl groups is 3. The highest BCUT2D eigenvalue weighted by Crippen LogP contribution is 2.35. The molecule has 7 nitrogen and oxygen atoms in total. The molecule has 0 bridgehead atoms. The molecule has 1 fully saturated rings. The highest BCUT2D eigenvalue weighted by molar-refractivity contribution is 5.28. The summed E-state index contributed by atoms with van der Waals surface area (Å²) in [4.78, 5) is 13.1. The molecule has 0 unspecified atom stereocenters. The molecule has 94 valence electrons. The van der Waals surface area contributed by atoms with E-state index in [1.54, 1.807) is 0 Å². The molecule has 1 aliphatic heterocycles. The van der Waals surface area contributed by atoms with E-state index >= 15 is 0 Å². The van der Waals surface area contributed by atoms with Crippen LogP contribution in [0.3, 0.4) is 0 Å². The van der Waals surface area contributed by atoms with Crippen LogP contribution < -0.4 is 5.56 Å². The third-order valence-electron chi connectivity index (χ3n) is 2.78. The van der Waals surface area contributed by atoms with Crippen LogP contribution in [0.25, 0.3) is 0 Å². The maximum absolute atomic E-state index is 10.9. The zero-order valence-electron chi connectivity index (χ0n) is 8.78. The van der Waals surface area contributed by atoms with Gasteiger partial charge in [-0.1, -0.05) is 0 Å². The molecular formula is C10H13NO6. The largest absolute Gasteiger partial charge is 0.494 e. The number of rotatable bonds is 2. The van der Waals surface area contributed by atoms with Crippen molar-refractivity contribution in [3.63, 3.8) is 0 Å². The van der Waals surface area contributed by atoms with Crippen molar-refractivity contribution in [2.45, 2.75) is 24.4 Å². The first kappa shape index (κ1) is 12.1. The fourth-order valence-corrected chi connectivity index (χ4v) is 1.86. The summed E-state index contributed by atoms with van der Waals surface area (Å²) < 4.78 is 5.21. The summed E-state index contributed by atoms with van der Waals surface area (Å²) in [7, 11) is 0. The Balaban J connectivity index is 2.32. The van der Waals surface area contributed by atoms with Gasteiger partial charge in [-0.25, -0.2) is 0 Å². The summed E-state index contributed by atoms with van der Waals surface area (Å²) in [6.45, 7) is -0.446. The van der Waals surface area contributed by atoms with Crippen molar-refractivity contribution in [1.82, 2.24) is 4.98 Å². The minimum atomic E-state index is -1.27. The number of hydrogen-bond donors (Lipinski definition) is 5. The fourth-order valence-electron chi connectivity index (χ4n) is 1.86. The van der Waals surface area contributed by atoms with E-state index < -0.39 is 42.5 Å². The molecule has 1 saturated heterocycles. The molecule has 0 spiro atoms. The van der Waals surface area contributed by atoms with Crippen molar-refractivity contribution in [1.29, 1.82) is 0 Å². The van der Waals surface area contributed by atoms with Crippen LogP contribution in [0.4, 0.5) is 0 Å². The normalized spacial score (nSPS) is 32.9. The van der Waals surface area contributed by atoms with E-state index in [1.165, 1.54) is 12.1 Å². The maximum atomic E-state index is 10.9. The van der Waals surface area contributed by atoms with Gasteiger partial charge in [0.2, 0.25) is 0 Å². The minimum absolute atomic E-state index is 0.159. The van der Waals surface area contributed by atoms with Gasteiger partial charge in [0.15, 0.2) is 5.88 Å². The van der Waals surface area contributed by atoms with Gasteiger partial charge >= 0.3 is 0 Å². The minimum Gasteiger partial charge on any atom is -0.494 e. The summed E-state index contributed by atoms with van der Waals surface area (Å²) in [6.07, 6.45) is -4.42. The van der Waals surface area contributed by atoms with Gasteiger partial charge in [-0.2, -0.15) is 0 Å². The molecule has 0 amide bonds. The monoisotopic (exact) mass is 243 g/mol. The average molecular weight is 243 g/mol. The molecule has 0 saturated carbocycles. The molecule has 1 aromatic rings. The van der Waals surface area contributed by atoms with Crippen LogP contribution in [-0.2, 0) is 4.74 Å². The Bertz CT molecular complexity index is 458. The molecule has 17 heavy (non-hydrogen) atoms. The van der Waals surface area contributed by atoms with Crippen LogP contribution in [0.15, 0.2) is 16.9 Å². The van der Waals surface area contributed by atoms with E-state index in [0.29, 0.717) is 0 Å². The fraction of sp³-hybridized carbons (Fsp3) is 0.500. The Hall–Kier alpha value is -1.41. The molecule has 4 atom stereocenters. The van der Waals surface area contributed by atoms with E-state index in [4.69, 9.17) is 9.84 Å². The maximum Gasteiger partial charge on any atom is 0.250 e. The second-order valence-corrected chi connectivity index (χ2v) is 3.89. The van der Waals surface area contributed by atoms with Gasteiger partial charge in [0.25, 0.3) is 5.56 Å². The molecular weight excluding hydrogens is 230 g/mol. The molecule has 0 radical (unpaired) electrons. The first-order valence-corrected chi connectivity index (χ1v) is 5.09. The van der Waals surface area contributed by atoms with Crippen LogP contribution >= 0.6 is 0 Å². The molecule has 1 aromatic heterocycles. The number of aliphatic hydroxyl groups excluding tert-OH is 3. The standard InChI is InChI=1S/C10H13NO6/c12-3-5-7(14)8(15)9(17-5)4-1-2-6(13)11-10(4)16/h1-2,5,7-9,12,14-15H,3H2,(H2,11,13,16)/t5-,7-,8-,9+/m1/s1. The van der Waals surface area contributed by atoms with Gasteiger partial charge in [-0.3, -0.25) is 9.78 Å². The molecule has 7 heteroatoms. The number of pyridine rings is 1. The Labute approximate surface area is 95.9 Å². The first-order chi connectivity index (χ1) is 8.04. The predicted octanol–water partition coefficient (Wildman–Crippen LogP) is -1.77. The Morgan fingerprint density at radius 3 is 2.53 bits per heavy atom. The topological polar surface area (TPSA) is 123 Å². The zero-order chi connectivity index (χ0) is 12.6. The number of ether oxygens (including phenoxy) is 1. The SMILES string of the molecule is O=c1ccc([C@@H]2O[C@H](CO)[C@@H](O)[C@H]2O)c(O)[nH]1. The number of aromatic nitrogens is 1. The predicted molar refractivity (Wildman–Crippen MR) is 55.4 cm³/mol. The van der Waals surface area contributed by atoms with E-state index in [0.717, 1.165) is 0 Å². The Kier molecular flexibility index (Phi) is 3.16. The molecule has 0 aliphatic carbocycles. The van der Waals surface area contributed by atoms with Crippen molar-refractivity contribution in [2.75, 3.05) is 6.61 Å². The van der Waals surface area contributed by atoms with Gasteiger partial charge < -0.3 is 25.2 Å². The lowest BCUT2D eigenvalue weighted by Gasteiger charge is -2.15. The van der Waals surface area contributed by atoms with Gasteiger partial charge in [0.05, 0.1) is 6.61 Å². The lowest BCUT2D eigenvalue weighted by molar-refractivity contribution is -0.0234. The molecule has 0 aromatic carbocycles. The lowest BCUT2D eigenvalue weighted by atomic mass is 10.0. The number of nitrogens with one attached hydrogen (secondary N) is 1. The van der Waals surface area contributed by atoms with Gasteiger partial charge in [-0.05, 0) is 6.07 Å². The Morgan fingerprint density at radius 1 is 1.29 bits per heavy atom. The molecule has 1 aliphatic rings. The van der Waals surface area contributed by atoms with Crippen molar-refractivity contribution in [2.24, 2.45) is 0 Å². The van der Waals surface area contributed by atoms with Gasteiger partial charge in [0, 0.05) is 11.6 Å². The highest BCUT2D eigenvalue weighted by Gasteiger charge is 2.44. The van der Waals surface area contributed by atoms with Gasteiger partial charge in [0.1, 0.15) is 24.4 Å². The third-order valence-corrected chi connectivity index (χ3v) is 2.78. The van der Waals surface area contributed by atoms with E-state index in [9.17, 15) is 20.1 Å². The van der Waals surface area contributed by atoms with E-state index in [2.05, 4.69) is 4.98 Å². The Morgan fingerprint density at radius 2 is 2.00 bits per heavy atom. The van der Waals surface area contributed by atoms with Crippen molar-refractivity contribution >= 4 is 0 Å². The smallest absolute Gasteiger partial charge is 0.250 e. The molecule has 5 N–H and O–H groups in total. The second-order valence-electron chi connectivity index (χ2n) is 3.89. The average Bonchev–Trinajstić information content (AvgIpc) is 2.57. The summed E-state index contributed by atoms with van der Waals surface area (Å²) in [5, 5.41) is 37.7. The molecule has 2 heterocycles. The number of aromatic amines is 1. The van der Waals surface area contributed by atoms with Crippen LogP contribution in [0.2, 0.25) is 0 Å². The first-order valence-electron chi connectivity index (χ1n) is 5.09. The van der Waals surface area contributed by atoms with Crippen molar-refractivity contribution < 1.29 is 25.2 Å². The van der Waals surface area contributed by atoms with Crippen LogP contribution in [-0.4, -0.2) is 50.3 Å². The summed E-state index contributed by atoms with van der Waals surface area (Å²) in [5.74, 6) is -0.424. The lowest BCUT2D eigenvalue weighted by Crippen LogP contribution is -2.32. The molecule has 2 rings (SSSR count). The van der Waals surface area contributed by atoms with Crippen molar-refractivity contribution in [3.8, 4) is 5.88 Å². The highest BCUT2D eigenvalue weighted by atomic mass is 16.6. The van der Waals surface area contributed by atoms with Crippen LogP contribution in [0, 0.1) is 0 Å². The number of H-pyrrole nitrogens is 1. The third kappa shape index (κ3) is 2.05. The van der Waals surface area contributed by atoms with Crippen LogP contribution in [0.1, 0.15) is 11.7 Å². The summed E-state index contributed by atoms with van der Waals surface area (Å²) in [5.41, 5.74) is -0.329. The van der Waals surface area contributed by atoms with E-state index in [1.807, 2.05) is 0 Å². The zero-order valence-corrected chi connectivity index (χ0v) is 8.78. The van der Waals surface area contributed by atoms with E-state index in [-0.39, 0.29) is 5.56 Å². The van der Waals surface area contributed by atoms with Crippen LogP contribution in [0.5, 0.6) is 5.88 Å². The summed E-state index contributed by atoms with van der Waals surface area (Å²) in [6, 6.07) is 2.47. The van der Waals surface area contributed by atoms with Gasteiger partial charge in [-0.15, -0.1) is 0 Å². The quantitative estimate of drug-likeness (QED) is 0.419. The van der Waals surface area contributed by atoms with Crippen molar-refractivity contribution in [3.05, 3.63) is 28.0 Å². The number of aromatic hydroxyl groups is 1. The second kappa shape index (κ2) is 4.46. The summed E-state index contributed by atoms with van der Waals surface area (Å²) >= 11 is 0. The number of hydrogen-bond acceptors (Lipinski definition) is 6.